The van der Waals surface area contributed by atoms with Gasteiger partial charge in [-0.05, 0) is 66.4 Å². The lowest BCUT2D eigenvalue weighted by Crippen LogP contribution is -2.39. The summed E-state index contributed by atoms with van der Waals surface area (Å²) >= 11 is 5.96. The van der Waals surface area contributed by atoms with Gasteiger partial charge in [0.05, 0.1) is 6.54 Å². The van der Waals surface area contributed by atoms with Crippen molar-refractivity contribution < 1.29 is 19.1 Å². The highest BCUT2D eigenvalue weighted by molar-refractivity contribution is 6.30. The maximum Gasteiger partial charge on any atom is 0.345 e. The van der Waals surface area contributed by atoms with E-state index in [0.29, 0.717) is 40.9 Å². The van der Waals surface area contributed by atoms with Crippen molar-refractivity contribution in [3.05, 3.63) is 94.0 Å². The van der Waals surface area contributed by atoms with Crippen LogP contribution < -0.4 is 9.64 Å². The number of carbonyl (C=O) groups excluding carboxylic acids is 2. The minimum Gasteiger partial charge on any atom is -0.452 e. The molecule has 0 bridgehead atoms. The Morgan fingerprint density at radius 3 is 2.26 bits per heavy atom. The van der Waals surface area contributed by atoms with E-state index in [2.05, 4.69) is 11.8 Å². The quantitative estimate of drug-likeness (QED) is 0.239. The van der Waals surface area contributed by atoms with E-state index in [1.54, 1.807) is 36.9 Å². The molecule has 0 saturated heterocycles. The zero-order valence-corrected chi connectivity index (χ0v) is 23.1. The van der Waals surface area contributed by atoms with E-state index in [9.17, 15) is 9.59 Å². The molecule has 0 unspecified atom stereocenters. The van der Waals surface area contributed by atoms with Gasteiger partial charge in [0, 0.05) is 48.2 Å². The molecular formula is C33H32ClNO4. The fraction of sp³-hybridized carbons (Fsp3) is 0.333. The summed E-state index contributed by atoms with van der Waals surface area (Å²) in [5.41, 5.74) is 3.82. The molecule has 2 aliphatic rings. The fourth-order valence-electron chi connectivity index (χ4n) is 5.13. The van der Waals surface area contributed by atoms with Crippen molar-refractivity contribution in [3.8, 4) is 17.6 Å². The number of halogens is 1. The van der Waals surface area contributed by atoms with Gasteiger partial charge in [0.2, 0.25) is 11.7 Å². The van der Waals surface area contributed by atoms with Crippen LogP contribution in [0, 0.1) is 17.8 Å². The Balaban J connectivity index is 1.37. The number of esters is 1. The smallest absolute Gasteiger partial charge is 0.345 e. The van der Waals surface area contributed by atoms with Gasteiger partial charge < -0.3 is 14.4 Å². The number of rotatable bonds is 6. The summed E-state index contributed by atoms with van der Waals surface area (Å²) in [6, 6.07) is 20.6. The lowest BCUT2D eigenvalue weighted by atomic mass is 10.0. The lowest BCUT2D eigenvalue weighted by molar-refractivity contribution is -0.127. The van der Waals surface area contributed by atoms with Gasteiger partial charge in [-0.25, -0.2) is 4.79 Å². The van der Waals surface area contributed by atoms with Gasteiger partial charge in [-0.1, -0.05) is 61.3 Å². The van der Waals surface area contributed by atoms with Crippen molar-refractivity contribution in [2.45, 2.75) is 64.7 Å². The predicted octanol–water partition coefficient (Wildman–Crippen LogP) is 7.53. The number of cyclic esters (lactones) is 1. The normalized spacial score (nSPS) is 15.9. The Morgan fingerprint density at radius 1 is 0.949 bits per heavy atom. The molecule has 3 aromatic rings. The second-order valence-corrected chi connectivity index (χ2v) is 11.1. The SMILES string of the molecule is CC1(C)OC(=O)c2ccc(N(Cc3ccc(C#Cc4ccc(Cl)cc4)cc3)C(=O)CCC3CCCC3)cc2O1. The molecule has 0 atom stereocenters. The molecule has 1 saturated carbocycles. The Kier molecular flexibility index (Phi) is 7.95. The second kappa shape index (κ2) is 11.6. The number of nitrogens with zero attached hydrogens (tertiary/aromatic N) is 1. The highest BCUT2D eigenvalue weighted by Gasteiger charge is 2.34. The van der Waals surface area contributed by atoms with E-state index >= 15 is 0 Å². The van der Waals surface area contributed by atoms with Crippen molar-refractivity contribution in [1.82, 2.24) is 0 Å². The van der Waals surface area contributed by atoms with Gasteiger partial charge >= 0.3 is 5.97 Å². The van der Waals surface area contributed by atoms with Crippen molar-refractivity contribution in [1.29, 1.82) is 0 Å². The Hall–Kier alpha value is -3.75. The molecule has 5 rings (SSSR count). The minimum absolute atomic E-state index is 0.0612. The molecule has 1 aliphatic heterocycles. The summed E-state index contributed by atoms with van der Waals surface area (Å²) in [6.45, 7) is 3.80. The van der Waals surface area contributed by atoms with Crippen LogP contribution in [0.4, 0.5) is 5.69 Å². The van der Waals surface area contributed by atoms with E-state index in [4.69, 9.17) is 21.1 Å². The predicted molar refractivity (Wildman–Crippen MR) is 153 cm³/mol. The molecule has 1 heterocycles. The number of amides is 1. The molecule has 1 aliphatic carbocycles. The van der Waals surface area contributed by atoms with E-state index in [0.717, 1.165) is 23.1 Å². The first kappa shape index (κ1) is 26.8. The van der Waals surface area contributed by atoms with E-state index in [1.807, 2.05) is 48.5 Å². The standard InChI is InChI=1S/C33H32ClNO4/c1-33(2)38-30-21-28(18-19-29(30)32(37)39-33)35(31(36)20-15-23-5-3-4-6-23)22-26-11-9-24(10-12-26)7-8-25-13-16-27(34)17-14-25/h9-14,16-19,21,23H,3-6,15,20,22H2,1-2H3. The molecule has 0 spiro atoms. The number of hydrogen-bond acceptors (Lipinski definition) is 4. The highest BCUT2D eigenvalue weighted by Crippen LogP contribution is 2.35. The Morgan fingerprint density at radius 2 is 1.59 bits per heavy atom. The average Bonchev–Trinajstić information content (AvgIpc) is 3.43. The van der Waals surface area contributed by atoms with Gasteiger partial charge in [-0.15, -0.1) is 0 Å². The molecule has 200 valence electrons. The topological polar surface area (TPSA) is 55.8 Å². The largest absolute Gasteiger partial charge is 0.452 e. The van der Waals surface area contributed by atoms with Crippen LogP contribution in [0.2, 0.25) is 5.02 Å². The summed E-state index contributed by atoms with van der Waals surface area (Å²) in [5, 5.41) is 0.682. The molecule has 6 heteroatoms. The fourth-order valence-corrected chi connectivity index (χ4v) is 5.26. The number of anilines is 1. The van der Waals surface area contributed by atoms with Crippen LogP contribution in [-0.2, 0) is 16.1 Å². The van der Waals surface area contributed by atoms with Crippen molar-refractivity contribution >= 4 is 29.2 Å². The first-order valence-corrected chi connectivity index (χ1v) is 13.9. The van der Waals surface area contributed by atoms with Gasteiger partial charge in [-0.2, -0.15) is 0 Å². The first-order valence-electron chi connectivity index (χ1n) is 13.5. The number of fused-ring (bicyclic) bond motifs is 1. The third-order valence-electron chi connectivity index (χ3n) is 7.22. The number of hydrogen-bond donors (Lipinski definition) is 0. The molecule has 0 N–H and O–H groups in total. The summed E-state index contributed by atoms with van der Waals surface area (Å²) in [6.07, 6.45) is 6.30. The van der Waals surface area contributed by atoms with Gasteiger partial charge in [0.15, 0.2) is 0 Å². The number of carbonyl (C=O) groups is 2. The molecule has 39 heavy (non-hydrogen) atoms. The van der Waals surface area contributed by atoms with Crippen LogP contribution in [0.25, 0.3) is 0 Å². The van der Waals surface area contributed by atoms with Crippen molar-refractivity contribution in [2.75, 3.05) is 4.90 Å². The second-order valence-electron chi connectivity index (χ2n) is 10.7. The van der Waals surface area contributed by atoms with Crippen LogP contribution in [-0.4, -0.2) is 17.7 Å². The van der Waals surface area contributed by atoms with Crippen LogP contribution in [0.5, 0.6) is 5.75 Å². The molecule has 5 nitrogen and oxygen atoms in total. The van der Waals surface area contributed by atoms with Gasteiger partial charge in [0.1, 0.15) is 11.3 Å². The molecule has 1 fully saturated rings. The third kappa shape index (κ3) is 6.82. The molecule has 0 aromatic heterocycles. The van der Waals surface area contributed by atoms with Crippen LogP contribution in [0.15, 0.2) is 66.7 Å². The van der Waals surface area contributed by atoms with E-state index < -0.39 is 11.8 Å². The van der Waals surface area contributed by atoms with Gasteiger partial charge in [0.25, 0.3) is 0 Å². The van der Waals surface area contributed by atoms with Crippen LogP contribution in [0.3, 0.4) is 0 Å². The molecule has 0 radical (unpaired) electrons. The molecule has 3 aromatic carbocycles. The first-order chi connectivity index (χ1) is 18.8. The number of ether oxygens (including phenoxy) is 2. The monoisotopic (exact) mass is 541 g/mol. The summed E-state index contributed by atoms with van der Waals surface area (Å²) in [4.78, 5) is 27.8. The lowest BCUT2D eigenvalue weighted by Gasteiger charge is -2.32. The Bertz CT molecular complexity index is 1410. The van der Waals surface area contributed by atoms with Crippen molar-refractivity contribution in [3.63, 3.8) is 0 Å². The van der Waals surface area contributed by atoms with E-state index in [-0.39, 0.29) is 5.91 Å². The van der Waals surface area contributed by atoms with Crippen LogP contribution >= 0.6 is 11.6 Å². The molecule has 1 amide bonds. The van der Waals surface area contributed by atoms with Crippen LogP contribution in [0.1, 0.15) is 79.4 Å². The third-order valence-corrected chi connectivity index (χ3v) is 7.48. The maximum absolute atomic E-state index is 13.6. The molecular weight excluding hydrogens is 510 g/mol. The Labute approximate surface area is 235 Å². The zero-order chi connectivity index (χ0) is 27.4. The maximum atomic E-state index is 13.6. The summed E-state index contributed by atoms with van der Waals surface area (Å²) < 4.78 is 11.3. The number of benzene rings is 3. The average molecular weight is 542 g/mol. The minimum atomic E-state index is -1.07. The van der Waals surface area contributed by atoms with Gasteiger partial charge in [-0.3, -0.25) is 4.79 Å². The van der Waals surface area contributed by atoms with E-state index in [1.165, 1.54) is 25.7 Å². The summed E-state index contributed by atoms with van der Waals surface area (Å²) in [7, 11) is 0. The summed E-state index contributed by atoms with van der Waals surface area (Å²) in [5.74, 6) is 5.94. The van der Waals surface area contributed by atoms with Crippen molar-refractivity contribution in [2.24, 2.45) is 5.92 Å². The highest BCUT2D eigenvalue weighted by atomic mass is 35.5. The zero-order valence-electron chi connectivity index (χ0n) is 22.3.